The Morgan fingerprint density at radius 2 is 2.33 bits per heavy atom. The van der Waals surface area contributed by atoms with Crippen LogP contribution in [-0.2, 0) is 6.42 Å². The van der Waals surface area contributed by atoms with Crippen LogP contribution in [-0.4, -0.2) is 18.1 Å². The van der Waals surface area contributed by atoms with Crippen LogP contribution in [0.4, 0.5) is 0 Å². The fourth-order valence-electron chi connectivity index (χ4n) is 2.41. The lowest BCUT2D eigenvalue weighted by Gasteiger charge is -2.17. The molecule has 1 N–H and O–H groups in total. The lowest BCUT2D eigenvalue weighted by atomic mass is 9.98. The second kappa shape index (κ2) is 3.93. The van der Waals surface area contributed by atoms with Crippen LogP contribution in [0.3, 0.4) is 0 Å². The van der Waals surface area contributed by atoms with Gasteiger partial charge < -0.3 is 5.32 Å². The van der Waals surface area contributed by atoms with Gasteiger partial charge in [-0.1, -0.05) is 19.9 Å². The van der Waals surface area contributed by atoms with E-state index < -0.39 is 0 Å². The van der Waals surface area contributed by atoms with Crippen molar-refractivity contribution < 1.29 is 0 Å². The van der Waals surface area contributed by atoms with Gasteiger partial charge in [0.25, 0.3) is 0 Å². The van der Waals surface area contributed by atoms with Gasteiger partial charge in [-0.25, -0.2) is 0 Å². The van der Waals surface area contributed by atoms with E-state index >= 15 is 0 Å². The SMILES string of the molecule is CNC(Cc1cccnc1)C1CC1(C)C. The highest BCUT2D eigenvalue weighted by Crippen LogP contribution is 2.53. The number of rotatable bonds is 4. The third-order valence-corrected chi connectivity index (χ3v) is 3.62. The molecule has 0 aromatic carbocycles. The fourth-order valence-corrected chi connectivity index (χ4v) is 2.41. The van der Waals surface area contributed by atoms with Crippen LogP contribution in [0, 0.1) is 11.3 Å². The standard InChI is InChI=1S/C13H20N2/c1-13(2)8-11(13)12(14-3)7-10-5-4-6-15-9-10/h4-6,9,11-12,14H,7-8H2,1-3H3. The summed E-state index contributed by atoms with van der Waals surface area (Å²) >= 11 is 0. The zero-order valence-electron chi connectivity index (χ0n) is 9.83. The minimum absolute atomic E-state index is 0.538. The molecule has 1 aromatic heterocycles. The molecule has 2 rings (SSSR count). The van der Waals surface area contributed by atoms with Crippen LogP contribution in [0.2, 0.25) is 0 Å². The third kappa shape index (κ3) is 2.37. The Morgan fingerprint density at radius 1 is 1.60 bits per heavy atom. The van der Waals surface area contributed by atoms with Crippen LogP contribution in [0.15, 0.2) is 24.5 Å². The summed E-state index contributed by atoms with van der Waals surface area (Å²) in [5.74, 6) is 0.822. The monoisotopic (exact) mass is 204 g/mol. The lowest BCUT2D eigenvalue weighted by molar-refractivity contribution is 0.426. The molecule has 2 unspecified atom stereocenters. The smallest absolute Gasteiger partial charge is 0.0300 e. The first-order valence-corrected chi connectivity index (χ1v) is 5.69. The van der Waals surface area contributed by atoms with Gasteiger partial charge in [-0.2, -0.15) is 0 Å². The topological polar surface area (TPSA) is 24.9 Å². The molecule has 15 heavy (non-hydrogen) atoms. The van der Waals surface area contributed by atoms with E-state index in [9.17, 15) is 0 Å². The summed E-state index contributed by atoms with van der Waals surface area (Å²) in [4.78, 5) is 4.16. The third-order valence-electron chi connectivity index (χ3n) is 3.62. The normalized spacial score (nSPS) is 24.9. The molecule has 2 heteroatoms. The lowest BCUT2D eigenvalue weighted by Crippen LogP contribution is -2.31. The van der Waals surface area contributed by atoms with Crippen LogP contribution >= 0.6 is 0 Å². The molecule has 0 aliphatic heterocycles. The molecule has 1 fully saturated rings. The molecule has 1 aliphatic rings. The van der Waals surface area contributed by atoms with Crippen molar-refractivity contribution in [3.8, 4) is 0 Å². The summed E-state index contributed by atoms with van der Waals surface area (Å²) in [5.41, 5.74) is 1.87. The summed E-state index contributed by atoms with van der Waals surface area (Å²) in [6, 6.07) is 4.77. The Hall–Kier alpha value is -0.890. The van der Waals surface area contributed by atoms with E-state index in [1.165, 1.54) is 12.0 Å². The molecule has 2 nitrogen and oxygen atoms in total. The average Bonchev–Trinajstić information content (AvgIpc) is 2.86. The van der Waals surface area contributed by atoms with E-state index in [0.29, 0.717) is 11.5 Å². The molecule has 0 saturated heterocycles. The Kier molecular flexibility index (Phi) is 2.79. The predicted octanol–water partition coefficient (Wildman–Crippen LogP) is 2.26. The molecule has 0 bridgehead atoms. The second-order valence-electron chi connectivity index (χ2n) is 5.26. The highest BCUT2D eigenvalue weighted by Gasteiger charge is 2.49. The van der Waals surface area contributed by atoms with E-state index in [1.807, 2.05) is 18.5 Å². The first-order chi connectivity index (χ1) is 7.13. The number of aromatic nitrogens is 1. The quantitative estimate of drug-likeness (QED) is 0.813. The molecule has 1 saturated carbocycles. The fraction of sp³-hybridized carbons (Fsp3) is 0.615. The first-order valence-electron chi connectivity index (χ1n) is 5.69. The van der Waals surface area contributed by atoms with Crippen molar-refractivity contribution in [3.63, 3.8) is 0 Å². The van der Waals surface area contributed by atoms with Crippen molar-refractivity contribution >= 4 is 0 Å². The maximum Gasteiger partial charge on any atom is 0.0300 e. The largest absolute Gasteiger partial charge is 0.316 e. The van der Waals surface area contributed by atoms with Crippen molar-refractivity contribution in [3.05, 3.63) is 30.1 Å². The van der Waals surface area contributed by atoms with Crippen molar-refractivity contribution in [2.24, 2.45) is 11.3 Å². The first kappa shape index (κ1) is 10.6. The molecule has 82 valence electrons. The maximum absolute atomic E-state index is 4.16. The molecule has 0 spiro atoms. The summed E-state index contributed by atoms with van der Waals surface area (Å²) in [6.07, 6.45) is 6.25. The van der Waals surface area contributed by atoms with Gasteiger partial charge in [-0.15, -0.1) is 0 Å². The molecule has 2 atom stereocenters. The summed E-state index contributed by atoms with van der Waals surface area (Å²) in [5, 5.41) is 3.44. The molecule has 0 amide bonds. The summed E-state index contributed by atoms with van der Waals surface area (Å²) < 4.78 is 0. The number of likely N-dealkylation sites (N-methyl/N-ethyl adjacent to an activating group) is 1. The van der Waals surface area contributed by atoms with Gasteiger partial charge in [0, 0.05) is 18.4 Å². The number of hydrogen-bond acceptors (Lipinski definition) is 2. The van der Waals surface area contributed by atoms with Crippen LogP contribution < -0.4 is 5.32 Å². The van der Waals surface area contributed by atoms with Crippen LogP contribution in [0.1, 0.15) is 25.8 Å². The van der Waals surface area contributed by atoms with Gasteiger partial charge in [0.1, 0.15) is 0 Å². The maximum atomic E-state index is 4.16. The highest BCUT2D eigenvalue weighted by atomic mass is 14.9. The Morgan fingerprint density at radius 3 is 2.80 bits per heavy atom. The van der Waals surface area contributed by atoms with Crippen molar-refractivity contribution in [1.29, 1.82) is 0 Å². The van der Waals surface area contributed by atoms with E-state index in [2.05, 4.69) is 37.3 Å². The average molecular weight is 204 g/mol. The van der Waals surface area contributed by atoms with Gasteiger partial charge in [0.15, 0.2) is 0 Å². The molecule has 1 heterocycles. The van der Waals surface area contributed by atoms with Crippen LogP contribution in [0.5, 0.6) is 0 Å². The number of nitrogens with one attached hydrogen (secondary N) is 1. The molecular weight excluding hydrogens is 184 g/mol. The number of hydrogen-bond donors (Lipinski definition) is 1. The van der Waals surface area contributed by atoms with E-state index in [4.69, 9.17) is 0 Å². The second-order valence-corrected chi connectivity index (χ2v) is 5.26. The zero-order valence-corrected chi connectivity index (χ0v) is 9.83. The predicted molar refractivity (Wildman–Crippen MR) is 62.7 cm³/mol. The molecule has 0 radical (unpaired) electrons. The van der Waals surface area contributed by atoms with Crippen molar-refractivity contribution in [2.45, 2.75) is 32.7 Å². The van der Waals surface area contributed by atoms with Crippen LogP contribution in [0.25, 0.3) is 0 Å². The van der Waals surface area contributed by atoms with Crippen molar-refractivity contribution in [2.75, 3.05) is 7.05 Å². The van der Waals surface area contributed by atoms with E-state index in [1.54, 1.807) is 0 Å². The van der Waals surface area contributed by atoms with Gasteiger partial charge in [0.2, 0.25) is 0 Å². The van der Waals surface area contributed by atoms with Gasteiger partial charge in [-0.3, -0.25) is 4.98 Å². The number of pyridine rings is 1. The van der Waals surface area contributed by atoms with Crippen molar-refractivity contribution in [1.82, 2.24) is 10.3 Å². The molecule has 1 aromatic rings. The number of nitrogens with zero attached hydrogens (tertiary/aromatic N) is 1. The minimum atomic E-state index is 0.538. The van der Waals surface area contributed by atoms with Gasteiger partial charge in [0.05, 0.1) is 0 Å². The van der Waals surface area contributed by atoms with Gasteiger partial charge >= 0.3 is 0 Å². The van der Waals surface area contributed by atoms with E-state index in [0.717, 1.165) is 12.3 Å². The summed E-state index contributed by atoms with van der Waals surface area (Å²) in [7, 11) is 2.06. The summed E-state index contributed by atoms with van der Waals surface area (Å²) in [6.45, 7) is 4.70. The Bertz CT molecular complexity index is 319. The Balaban J connectivity index is 1.98. The molecular formula is C13H20N2. The Labute approximate surface area is 92.1 Å². The highest BCUT2D eigenvalue weighted by molar-refractivity contribution is 5.13. The van der Waals surface area contributed by atoms with E-state index in [-0.39, 0.29) is 0 Å². The zero-order chi connectivity index (χ0) is 10.9. The minimum Gasteiger partial charge on any atom is -0.316 e. The van der Waals surface area contributed by atoms with Gasteiger partial charge in [-0.05, 0) is 42.9 Å². The molecule has 1 aliphatic carbocycles.